The molecule has 0 saturated carbocycles. The maximum Gasteiger partial charge on any atom is 0.265 e. The fraction of sp³-hybridized carbons (Fsp3) is 0.176. The highest BCUT2D eigenvalue weighted by molar-refractivity contribution is 6.02. The summed E-state index contributed by atoms with van der Waals surface area (Å²) in [5.41, 5.74) is 0.818. The summed E-state index contributed by atoms with van der Waals surface area (Å²) in [4.78, 5) is 23.3. The molecule has 2 rings (SSSR count). The summed E-state index contributed by atoms with van der Waals surface area (Å²) >= 11 is 0. The Kier molecular flexibility index (Phi) is 4.78. The highest BCUT2D eigenvalue weighted by atomic mass is 16.5. The fourth-order valence-corrected chi connectivity index (χ4v) is 1.99. The van der Waals surface area contributed by atoms with Crippen LogP contribution in [0, 0.1) is 6.92 Å². The first-order valence-corrected chi connectivity index (χ1v) is 6.82. The molecule has 0 aliphatic heterocycles. The lowest BCUT2D eigenvalue weighted by Gasteiger charge is -2.18. The topological polar surface area (TPSA) is 78.5 Å². The van der Waals surface area contributed by atoms with Gasteiger partial charge >= 0.3 is 0 Å². The van der Waals surface area contributed by atoms with Crippen LogP contribution in [0.25, 0.3) is 0 Å². The van der Waals surface area contributed by atoms with E-state index in [1.54, 1.807) is 50.2 Å². The summed E-state index contributed by atoms with van der Waals surface area (Å²) < 4.78 is 5.51. The van der Waals surface area contributed by atoms with E-state index in [0.29, 0.717) is 11.3 Å². The van der Waals surface area contributed by atoms with Crippen molar-refractivity contribution in [1.29, 1.82) is 0 Å². The van der Waals surface area contributed by atoms with Gasteiger partial charge < -0.3 is 20.0 Å². The molecular weight excluding hydrogens is 282 g/mol. The average Bonchev–Trinajstić information content (AvgIpc) is 2.49. The smallest absolute Gasteiger partial charge is 0.265 e. The van der Waals surface area contributed by atoms with Crippen molar-refractivity contribution in [2.24, 2.45) is 0 Å². The van der Waals surface area contributed by atoms with Crippen LogP contribution < -0.4 is 15.2 Å². The predicted octanol–water partition coefficient (Wildman–Crippen LogP) is 1.76. The summed E-state index contributed by atoms with van der Waals surface area (Å²) in [5, 5.41) is 13.7. The minimum atomic E-state index is -1.34. The second kappa shape index (κ2) is 6.76. The third-order valence-electron chi connectivity index (χ3n) is 3.17. The summed E-state index contributed by atoms with van der Waals surface area (Å²) in [5.74, 6) is -1.20. The number of benzene rings is 2. The van der Waals surface area contributed by atoms with Gasteiger partial charge in [0.2, 0.25) is 0 Å². The molecule has 0 fully saturated rings. The largest absolute Gasteiger partial charge is 0.545 e. The maximum absolute atomic E-state index is 12.2. The van der Waals surface area contributed by atoms with Gasteiger partial charge in [0.05, 0.1) is 11.7 Å². The standard InChI is InChI=1S/C17H17NO4/c1-11-7-6-10-14(17(20)21)15(11)18-16(19)12(2)22-13-8-4-3-5-9-13/h3-10,12H,1-2H3,(H,18,19)(H,20,21)/p-1/t12-/m1/s1. The van der Waals surface area contributed by atoms with Gasteiger partial charge in [0.15, 0.2) is 6.10 Å². The molecule has 0 spiro atoms. The van der Waals surface area contributed by atoms with E-state index in [1.807, 2.05) is 6.07 Å². The molecule has 0 heterocycles. The SMILES string of the molecule is Cc1cccc(C(=O)[O-])c1NC(=O)[C@@H](C)Oc1ccccc1. The number of aryl methyl sites for hydroxylation is 1. The summed E-state index contributed by atoms with van der Waals surface area (Å²) in [7, 11) is 0. The van der Waals surface area contributed by atoms with Crippen molar-refractivity contribution in [1.82, 2.24) is 0 Å². The Hall–Kier alpha value is -2.82. The highest BCUT2D eigenvalue weighted by Crippen LogP contribution is 2.21. The molecule has 0 aliphatic carbocycles. The van der Waals surface area contributed by atoms with Gasteiger partial charge in [-0.25, -0.2) is 0 Å². The maximum atomic E-state index is 12.2. The first kappa shape index (κ1) is 15.6. The number of rotatable bonds is 5. The third kappa shape index (κ3) is 3.63. The molecule has 0 bridgehead atoms. The average molecular weight is 298 g/mol. The number of amides is 1. The van der Waals surface area contributed by atoms with Crippen LogP contribution in [0.3, 0.4) is 0 Å². The predicted molar refractivity (Wildman–Crippen MR) is 80.7 cm³/mol. The highest BCUT2D eigenvalue weighted by Gasteiger charge is 2.17. The first-order valence-electron chi connectivity index (χ1n) is 6.82. The molecule has 0 aliphatic rings. The van der Waals surface area contributed by atoms with Gasteiger partial charge in [-0.05, 0) is 31.5 Å². The van der Waals surface area contributed by atoms with Crippen molar-refractivity contribution in [3.63, 3.8) is 0 Å². The monoisotopic (exact) mass is 298 g/mol. The van der Waals surface area contributed by atoms with E-state index < -0.39 is 18.0 Å². The summed E-state index contributed by atoms with van der Waals surface area (Å²) in [6.07, 6.45) is -0.767. The minimum Gasteiger partial charge on any atom is -0.545 e. The Morgan fingerprint density at radius 1 is 1.09 bits per heavy atom. The van der Waals surface area contributed by atoms with Crippen molar-refractivity contribution in [2.75, 3.05) is 5.32 Å². The van der Waals surface area contributed by atoms with Gasteiger partial charge in [-0.15, -0.1) is 0 Å². The lowest BCUT2D eigenvalue weighted by atomic mass is 10.1. The van der Waals surface area contributed by atoms with Crippen molar-refractivity contribution < 1.29 is 19.4 Å². The Bertz CT molecular complexity index is 682. The van der Waals surface area contributed by atoms with Crippen LogP contribution in [0.15, 0.2) is 48.5 Å². The van der Waals surface area contributed by atoms with E-state index in [-0.39, 0.29) is 11.3 Å². The second-order valence-corrected chi connectivity index (χ2v) is 4.85. The zero-order chi connectivity index (χ0) is 16.1. The van der Waals surface area contributed by atoms with Crippen molar-refractivity contribution >= 4 is 17.6 Å². The van der Waals surface area contributed by atoms with Gasteiger partial charge in [0.1, 0.15) is 5.75 Å². The van der Waals surface area contributed by atoms with Crippen LogP contribution in [-0.4, -0.2) is 18.0 Å². The molecule has 0 radical (unpaired) electrons. The number of para-hydroxylation sites is 2. The van der Waals surface area contributed by atoms with E-state index in [1.165, 1.54) is 6.07 Å². The number of aromatic carboxylic acids is 1. The molecule has 5 heteroatoms. The Labute approximate surface area is 128 Å². The molecule has 5 nitrogen and oxygen atoms in total. The lowest BCUT2D eigenvalue weighted by Crippen LogP contribution is -2.32. The van der Waals surface area contributed by atoms with Gasteiger partial charge in [-0.3, -0.25) is 4.79 Å². The fourth-order valence-electron chi connectivity index (χ4n) is 1.99. The van der Waals surface area contributed by atoms with E-state index in [9.17, 15) is 14.7 Å². The van der Waals surface area contributed by atoms with E-state index in [4.69, 9.17) is 4.74 Å². The van der Waals surface area contributed by atoms with Crippen LogP contribution in [0.1, 0.15) is 22.8 Å². The third-order valence-corrected chi connectivity index (χ3v) is 3.17. The van der Waals surface area contributed by atoms with Crippen LogP contribution >= 0.6 is 0 Å². The normalized spacial score (nSPS) is 11.5. The van der Waals surface area contributed by atoms with Crippen LogP contribution in [0.5, 0.6) is 5.75 Å². The molecule has 114 valence electrons. The molecule has 2 aromatic rings. The van der Waals surface area contributed by atoms with Crippen LogP contribution in [0.4, 0.5) is 5.69 Å². The number of ether oxygens (including phenoxy) is 1. The number of carboxylic acids is 1. The van der Waals surface area contributed by atoms with Gasteiger partial charge in [-0.1, -0.05) is 36.4 Å². The Balaban J connectivity index is 2.14. The number of carbonyl (C=O) groups excluding carboxylic acids is 2. The quantitative estimate of drug-likeness (QED) is 0.912. The van der Waals surface area contributed by atoms with Crippen molar-refractivity contribution in [3.05, 3.63) is 59.7 Å². The van der Waals surface area contributed by atoms with Gasteiger partial charge in [0.25, 0.3) is 5.91 Å². The molecule has 0 unspecified atom stereocenters. The molecule has 0 aromatic heterocycles. The minimum absolute atomic E-state index is 0.0553. The molecule has 2 aromatic carbocycles. The first-order chi connectivity index (χ1) is 10.5. The number of nitrogens with one attached hydrogen (secondary N) is 1. The zero-order valence-electron chi connectivity index (χ0n) is 12.3. The van der Waals surface area contributed by atoms with Crippen molar-refractivity contribution in [3.8, 4) is 5.75 Å². The number of anilines is 1. The molecule has 1 N–H and O–H groups in total. The van der Waals surface area contributed by atoms with E-state index >= 15 is 0 Å². The number of hydrogen-bond acceptors (Lipinski definition) is 4. The second-order valence-electron chi connectivity index (χ2n) is 4.85. The molecule has 22 heavy (non-hydrogen) atoms. The molecular formula is C17H16NO4-. The number of hydrogen-bond donors (Lipinski definition) is 1. The zero-order valence-corrected chi connectivity index (χ0v) is 12.3. The molecule has 1 atom stereocenters. The van der Waals surface area contributed by atoms with E-state index in [2.05, 4.69) is 5.32 Å². The number of carbonyl (C=O) groups is 2. The summed E-state index contributed by atoms with van der Waals surface area (Å²) in [6.45, 7) is 3.31. The van der Waals surface area contributed by atoms with Gasteiger partial charge in [-0.2, -0.15) is 0 Å². The van der Waals surface area contributed by atoms with Crippen LogP contribution in [-0.2, 0) is 4.79 Å². The van der Waals surface area contributed by atoms with Crippen molar-refractivity contribution in [2.45, 2.75) is 20.0 Å². The Morgan fingerprint density at radius 2 is 1.77 bits per heavy atom. The molecule has 1 amide bonds. The Morgan fingerprint density at radius 3 is 2.41 bits per heavy atom. The van der Waals surface area contributed by atoms with Crippen LogP contribution in [0.2, 0.25) is 0 Å². The summed E-state index contributed by atoms with van der Waals surface area (Å²) in [6, 6.07) is 13.6. The lowest BCUT2D eigenvalue weighted by molar-refractivity contribution is -0.254. The van der Waals surface area contributed by atoms with E-state index in [0.717, 1.165) is 0 Å². The molecule has 0 saturated heterocycles. The number of carboxylic acid groups (broad SMARTS) is 1. The van der Waals surface area contributed by atoms with Gasteiger partial charge in [0, 0.05) is 5.56 Å².